The van der Waals surface area contributed by atoms with Gasteiger partial charge in [-0.25, -0.2) is 8.78 Å². The second kappa shape index (κ2) is 3.72. The molecular weight excluding hydrogens is 181 g/mol. The molecule has 0 aliphatic rings. The fourth-order valence-corrected chi connectivity index (χ4v) is 0.944. The summed E-state index contributed by atoms with van der Waals surface area (Å²) in [5.41, 5.74) is -0.806. The SMILES string of the molecule is COc1ccc(F)c(B(O)O)c1F. The lowest BCUT2D eigenvalue weighted by atomic mass is 9.79. The Morgan fingerprint density at radius 1 is 1.31 bits per heavy atom. The van der Waals surface area contributed by atoms with E-state index in [-0.39, 0.29) is 5.75 Å². The van der Waals surface area contributed by atoms with E-state index in [1.807, 2.05) is 0 Å². The van der Waals surface area contributed by atoms with Gasteiger partial charge in [-0.3, -0.25) is 0 Å². The van der Waals surface area contributed by atoms with Gasteiger partial charge in [0.15, 0.2) is 11.6 Å². The van der Waals surface area contributed by atoms with Crippen molar-refractivity contribution < 1.29 is 23.6 Å². The van der Waals surface area contributed by atoms with Crippen molar-refractivity contribution in [1.82, 2.24) is 0 Å². The van der Waals surface area contributed by atoms with Gasteiger partial charge in [0.2, 0.25) is 0 Å². The van der Waals surface area contributed by atoms with Gasteiger partial charge in [0.25, 0.3) is 0 Å². The molecule has 1 aromatic carbocycles. The Bertz CT molecular complexity index is 317. The van der Waals surface area contributed by atoms with Gasteiger partial charge < -0.3 is 14.8 Å². The Hall–Kier alpha value is -1.14. The Balaban J connectivity index is 3.30. The van der Waals surface area contributed by atoms with Crippen molar-refractivity contribution >= 4 is 12.6 Å². The lowest BCUT2D eigenvalue weighted by molar-refractivity contribution is 0.381. The highest BCUT2D eigenvalue weighted by molar-refractivity contribution is 6.58. The fraction of sp³-hybridized carbons (Fsp3) is 0.143. The molecule has 2 N–H and O–H groups in total. The molecule has 13 heavy (non-hydrogen) atoms. The van der Waals surface area contributed by atoms with E-state index in [0.29, 0.717) is 0 Å². The standard InChI is InChI=1S/C7H7BF2O3/c1-13-5-3-2-4(9)6(7(5)10)8(11)12/h2-3,11-12H,1H3. The Morgan fingerprint density at radius 2 is 1.92 bits per heavy atom. The van der Waals surface area contributed by atoms with E-state index in [2.05, 4.69) is 4.74 Å². The third kappa shape index (κ3) is 1.79. The van der Waals surface area contributed by atoms with Crippen LogP contribution in [0.5, 0.6) is 5.75 Å². The number of hydrogen-bond acceptors (Lipinski definition) is 3. The molecule has 1 aromatic rings. The average Bonchev–Trinajstić information content (AvgIpc) is 2.04. The molecule has 0 spiro atoms. The molecule has 0 saturated carbocycles. The molecule has 0 amide bonds. The first-order chi connectivity index (χ1) is 6.07. The van der Waals surface area contributed by atoms with Crippen LogP contribution >= 0.6 is 0 Å². The van der Waals surface area contributed by atoms with Crippen LogP contribution in [0, 0.1) is 11.6 Å². The molecule has 0 fully saturated rings. The van der Waals surface area contributed by atoms with E-state index in [1.54, 1.807) is 0 Å². The summed E-state index contributed by atoms with van der Waals surface area (Å²) in [5, 5.41) is 17.3. The highest BCUT2D eigenvalue weighted by atomic mass is 19.1. The molecule has 0 saturated heterocycles. The van der Waals surface area contributed by atoms with Crippen LogP contribution in [0.2, 0.25) is 0 Å². The summed E-state index contributed by atoms with van der Waals surface area (Å²) in [5.74, 6) is -2.35. The van der Waals surface area contributed by atoms with Crippen molar-refractivity contribution in [1.29, 1.82) is 0 Å². The Kier molecular flexibility index (Phi) is 2.85. The van der Waals surface area contributed by atoms with Crippen LogP contribution in [0.25, 0.3) is 0 Å². The number of rotatable bonds is 2. The quantitative estimate of drug-likeness (QED) is 0.623. The van der Waals surface area contributed by atoms with Gasteiger partial charge in [0.05, 0.1) is 12.6 Å². The predicted octanol–water partition coefficient (Wildman–Crippen LogP) is -0.347. The van der Waals surface area contributed by atoms with E-state index < -0.39 is 24.2 Å². The first kappa shape index (κ1) is 9.95. The number of benzene rings is 1. The highest BCUT2D eigenvalue weighted by Crippen LogP contribution is 2.15. The molecule has 0 bridgehead atoms. The van der Waals surface area contributed by atoms with Crippen LogP contribution in [-0.2, 0) is 0 Å². The summed E-state index contributed by atoms with van der Waals surface area (Å²) in [6, 6.07) is 1.97. The predicted molar refractivity (Wildman–Crippen MR) is 42.7 cm³/mol. The summed E-state index contributed by atoms with van der Waals surface area (Å²) < 4.78 is 30.4. The monoisotopic (exact) mass is 188 g/mol. The number of ether oxygens (including phenoxy) is 1. The molecule has 70 valence electrons. The number of methoxy groups -OCH3 is 1. The fourth-order valence-electron chi connectivity index (χ4n) is 0.944. The summed E-state index contributed by atoms with van der Waals surface area (Å²) in [6.07, 6.45) is 0. The van der Waals surface area contributed by atoms with Crippen LogP contribution in [-0.4, -0.2) is 24.3 Å². The van der Waals surface area contributed by atoms with E-state index in [9.17, 15) is 8.78 Å². The molecule has 0 atom stereocenters. The number of halogens is 2. The van der Waals surface area contributed by atoms with Crippen molar-refractivity contribution in [3.8, 4) is 5.75 Å². The molecule has 0 heterocycles. The molecule has 0 aromatic heterocycles. The zero-order valence-corrected chi connectivity index (χ0v) is 6.79. The van der Waals surface area contributed by atoms with Crippen molar-refractivity contribution in [3.05, 3.63) is 23.8 Å². The maximum absolute atomic E-state index is 13.1. The molecule has 6 heteroatoms. The van der Waals surface area contributed by atoms with Crippen LogP contribution in [0.3, 0.4) is 0 Å². The maximum atomic E-state index is 13.1. The van der Waals surface area contributed by atoms with E-state index >= 15 is 0 Å². The van der Waals surface area contributed by atoms with Gasteiger partial charge in [-0.2, -0.15) is 0 Å². The first-order valence-electron chi connectivity index (χ1n) is 3.46. The Morgan fingerprint density at radius 3 is 2.38 bits per heavy atom. The van der Waals surface area contributed by atoms with Crippen LogP contribution < -0.4 is 10.2 Å². The van der Waals surface area contributed by atoms with E-state index in [4.69, 9.17) is 10.0 Å². The van der Waals surface area contributed by atoms with Crippen LogP contribution in [0.4, 0.5) is 8.78 Å². The van der Waals surface area contributed by atoms with Gasteiger partial charge >= 0.3 is 7.12 Å². The second-order valence-electron chi connectivity index (χ2n) is 2.35. The summed E-state index contributed by atoms with van der Waals surface area (Å²) in [7, 11) is -0.987. The van der Waals surface area contributed by atoms with Gasteiger partial charge in [-0.05, 0) is 12.1 Å². The molecule has 3 nitrogen and oxygen atoms in total. The smallest absolute Gasteiger partial charge is 0.494 e. The molecule has 1 rings (SSSR count). The molecule has 0 radical (unpaired) electrons. The van der Waals surface area contributed by atoms with Crippen molar-refractivity contribution in [2.45, 2.75) is 0 Å². The van der Waals surface area contributed by atoms with Crippen LogP contribution in [0.15, 0.2) is 12.1 Å². The van der Waals surface area contributed by atoms with Crippen molar-refractivity contribution in [2.24, 2.45) is 0 Å². The molecule has 0 aliphatic carbocycles. The molecule has 0 unspecified atom stereocenters. The van der Waals surface area contributed by atoms with Crippen LogP contribution in [0.1, 0.15) is 0 Å². The maximum Gasteiger partial charge on any atom is 0.494 e. The topological polar surface area (TPSA) is 49.7 Å². The minimum absolute atomic E-state index is 0.232. The minimum atomic E-state index is -2.19. The zero-order chi connectivity index (χ0) is 10.0. The lowest BCUT2D eigenvalue weighted by Crippen LogP contribution is -2.35. The normalized spacial score (nSPS) is 9.92. The zero-order valence-electron chi connectivity index (χ0n) is 6.79. The van der Waals surface area contributed by atoms with E-state index in [0.717, 1.165) is 12.1 Å². The summed E-state index contributed by atoms with van der Waals surface area (Å²) in [4.78, 5) is 0. The summed E-state index contributed by atoms with van der Waals surface area (Å²) in [6.45, 7) is 0. The molecular formula is C7H7BF2O3. The number of hydrogen-bond donors (Lipinski definition) is 2. The average molecular weight is 188 g/mol. The third-order valence-corrected chi connectivity index (χ3v) is 1.57. The first-order valence-corrected chi connectivity index (χ1v) is 3.46. The third-order valence-electron chi connectivity index (χ3n) is 1.57. The molecule has 0 aliphatic heterocycles. The van der Waals surface area contributed by atoms with Gasteiger partial charge in [-0.15, -0.1) is 0 Å². The lowest BCUT2D eigenvalue weighted by Gasteiger charge is -2.07. The summed E-state index contributed by atoms with van der Waals surface area (Å²) >= 11 is 0. The van der Waals surface area contributed by atoms with Gasteiger partial charge in [0, 0.05) is 0 Å². The van der Waals surface area contributed by atoms with Gasteiger partial charge in [0.1, 0.15) is 5.82 Å². The largest absolute Gasteiger partial charge is 0.494 e. The highest BCUT2D eigenvalue weighted by Gasteiger charge is 2.24. The van der Waals surface area contributed by atoms with Crippen molar-refractivity contribution in [2.75, 3.05) is 7.11 Å². The van der Waals surface area contributed by atoms with E-state index in [1.165, 1.54) is 7.11 Å². The minimum Gasteiger partial charge on any atom is -0.494 e. The van der Waals surface area contributed by atoms with Crippen molar-refractivity contribution in [3.63, 3.8) is 0 Å². The second-order valence-corrected chi connectivity index (χ2v) is 2.35. The Labute approximate surface area is 73.7 Å². The van der Waals surface area contributed by atoms with Gasteiger partial charge in [-0.1, -0.05) is 0 Å².